The lowest BCUT2D eigenvalue weighted by atomic mass is 9.80. The molecule has 0 saturated carbocycles. The van der Waals surface area contributed by atoms with Crippen LogP contribution in [0.25, 0.3) is 0 Å². The Morgan fingerprint density at radius 2 is 1.71 bits per heavy atom. The van der Waals surface area contributed by atoms with E-state index in [0.29, 0.717) is 6.04 Å². The van der Waals surface area contributed by atoms with Gasteiger partial charge < -0.3 is 0 Å². The maximum Gasteiger partial charge on any atom is 0.0271 e. The fraction of sp³-hybridized carbons (Fsp3) is 0.421. The number of fused-ring (bicyclic) bond motifs is 2. The van der Waals surface area contributed by atoms with Crippen LogP contribution in [0.2, 0.25) is 0 Å². The Bertz CT molecular complexity index is 608. The number of benzene rings is 1. The van der Waals surface area contributed by atoms with Crippen molar-refractivity contribution in [1.29, 1.82) is 0 Å². The standard InChI is InChI=1S/C19H22N2/c1-2-4-18-12-19-6-5-16(11-17(18)3-1)14-21(19)13-15-7-9-20-10-8-15/h1-4,7-10,16,19H,5-6,11-14H2/t16-,19?/m1/s1. The van der Waals surface area contributed by atoms with Gasteiger partial charge in [0.1, 0.15) is 0 Å². The molecule has 108 valence electrons. The molecular formula is C19H22N2. The normalized spacial score (nSPS) is 25.1. The van der Waals surface area contributed by atoms with Gasteiger partial charge in [-0.3, -0.25) is 9.88 Å². The van der Waals surface area contributed by atoms with Crippen LogP contribution in [0, 0.1) is 5.92 Å². The lowest BCUT2D eigenvalue weighted by molar-refractivity contribution is 0.0938. The molecule has 2 atom stereocenters. The van der Waals surface area contributed by atoms with E-state index in [1.165, 1.54) is 37.8 Å². The maximum absolute atomic E-state index is 4.13. The highest BCUT2D eigenvalue weighted by Crippen LogP contribution is 2.32. The Balaban J connectivity index is 1.59. The molecule has 3 aliphatic rings. The Morgan fingerprint density at radius 1 is 0.952 bits per heavy atom. The first-order chi connectivity index (χ1) is 10.4. The van der Waals surface area contributed by atoms with E-state index in [9.17, 15) is 0 Å². The zero-order chi connectivity index (χ0) is 14.1. The molecule has 2 heteroatoms. The summed E-state index contributed by atoms with van der Waals surface area (Å²) >= 11 is 0. The van der Waals surface area contributed by atoms with E-state index in [4.69, 9.17) is 0 Å². The molecule has 21 heavy (non-hydrogen) atoms. The molecule has 1 unspecified atom stereocenters. The third-order valence-electron chi connectivity index (χ3n) is 5.13. The summed E-state index contributed by atoms with van der Waals surface area (Å²) in [6.45, 7) is 2.33. The molecule has 1 fully saturated rings. The van der Waals surface area contributed by atoms with Crippen molar-refractivity contribution in [2.75, 3.05) is 6.54 Å². The molecule has 0 N–H and O–H groups in total. The molecule has 0 spiro atoms. The van der Waals surface area contributed by atoms with E-state index in [-0.39, 0.29) is 0 Å². The SMILES string of the molecule is c1ccc2c(c1)CC1CC[C@H](C2)CN1Cc1ccncc1. The summed E-state index contributed by atoms with van der Waals surface area (Å²) < 4.78 is 0. The van der Waals surface area contributed by atoms with Gasteiger partial charge in [-0.15, -0.1) is 0 Å². The fourth-order valence-corrected chi connectivity index (χ4v) is 4.02. The molecule has 1 aromatic carbocycles. The quantitative estimate of drug-likeness (QED) is 0.836. The van der Waals surface area contributed by atoms with Gasteiger partial charge in [-0.25, -0.2) is 0 Å². The highest BCUT2D eigenvalue weighted by Gasteiger charge is 2.31. The predicted octanol–water partition coefficient (Wildman–Crippen LogP) is 3.46. The first-order valence-electron chi connectivity index (χ1n) is 8.08. The van der Waals surface area contributed by atoms with Crippen molar-refractivity contribution in [3.8, 4) is 0 Å². The highest BCUT2D eigenvalue weighted by atomic mass is 15.2. The molecule has 0 amide bonds. The maximum atomic E-state index is 4.13. The number of hydrogen-bond donors (Lipinski definition) is 0. The third kappa shape index (κ3) is 2.73. The summed E-state index contributed by atoms with van der Waals surface area (Å²) in [7, 11) is 0. The summed E-state index contributed by atoms with van der Waals surface area (Å²) in [5.74, 6) is 0.824. The molecule has 1 aliphatic carbocycles. The van der Waals surface area contributed by atoms with Crippen molar-refractivity contribution >= 4 is 0 Å². The summed E-state index contributed by atoms with van der Waals surface area (Å²) in [5.41, 5.74) is 4.56. The second kappa shape index (κ2) is 5.61. The van der Waals surface area contributed by atoms with Gasteiger partial charge in [-0.05, 0) is 60.4 Å². The van der Waals surface area contributed by atoms with Gasteiger partial charge >= 0.3 is 0 Å². The van der Waals surface area contributed by atoms with Gasteiger partial charge in [0, 0.05) is 31.5 Å². The monoisotopic (exact) mass is 278 g/mol. The van der Waals surface area contributed by atoms with Crippen LogP contribution in [0.15, 0.2) is 48.8 Å². The fourth-order valence-electron chi connectivity index (χ4n) is 4.02. The van der Waals surface area contributed by atoms with Gasteiger partial charge in [-0.1, -0.05) is 24.3 Å². The number of rotatable bonds is 2. The van der Waals surface area contributed by atoms with Gasteiger partial charge in [0.2, 0.25) is 0 Å². The Kier molecular flexibility index (Phi) is 3.48. The average molecular weight is 278 g/mol. The van der Waals surface area contributed by atoms with Crippen molar-refractivity contribution in [1.82, 2.24) is 9.88 Å². The molecule has 2 aromatic rings. The van der Waals surface area contributed by atoms with Crippen LogP contribution in [0.3, 0.4) is 0 Å². The summed E-state index contributed by atoms with van der Waals surface area (Å²) in [6, 6.07) is 14.1. The van der Waals surface area contributed by atoms with E-state index in [2.05, 4.69) is 46.3 Å². The first kappa shape index (κ1) is 13.0. The third-order valence-corrected chi connectivity index (χ3v) is 5.13. The molecule has 0 radical (unpaired) electrons. The van der Waals surface area contributed by atoms with Crippen molar-refractivity contribution in [3.05, 3.63) is 65.5 Å². The molecular weight excluding hydrogens is 256 g/mol. The molecule has 3 heterocycles. The minimum Gasteiger partial charge on any atom is -0.296 e. The minimum atomic E-state index is 0.705. The summed E-state index contributed by atoms with van der Waals surface area (Å²) in [5, 5.41) is 0. The van der Waals surface area contributed by atoms with Gasteiger partial charge in [0.25, 0.3) is 0 Å². The van der Waals surface area contributed by atoms with E-state index >= 15 is 0 Å². The Labute approximate surface area is 126 Å². The zero-order valence-electron chi connectivity index (χ0n) is 12.4. The number of hydrogen-bond acceptors (Lipinski definition) is 2. The Morgan fingerprint density at radius 3 is 2.52 bits per heavy atom. The van der Waals surface area contributed by atoms with Crippen LogP contribution in [-0.4, -0.2) is 22.5 Å². The largest absolute Gasteiger partial charge is 0.296 e. The molecule has 2 aliphatic heterocycles. The zero-order valence-corrected chi connectivity index (χ0v) is 12.4. The van der Waals surface area contributed by atoms with Crippen LogP contribution in [-0.2, 0) is 19.4 Å². The topological polar surface area (TPSA) is 16.1 Å². The van der Waals surface area contributed by atoms with Gasteiger partial charge in [-0.2, -0.15) is 0 Å². The smallest absolute Gasteiger partial charge is 0.0271 e. The van der Waals surface area contributed by atoms with Gasteiger partial charge in [0.05, 0.1) is 0 Å². The van der Waals surface area contributed by atoms with E-state index in [1.807, 2.05) is 12.4 Å². The minimum absolute atomic E-state index is 0.705. The number of nitrogens with zero attached hydrogens (tertiary/aromatic N) is 2. The Hall–Kier alpha value is -1.67. The molecule has 2 nitrogen and oxygen atoms in total. The average Bonchev–Trinajstić information content (AvgIpc) is 2.49. The van der Waals surface area contributed by atoms with Crippen molar-refractivity contribution in [3.63, 3.8) is 0 Å². The van der Waals surface area contributed by atoms with Crippen LogP contribution in [0.1, 0.15) is 29.5 Å². The van der Waals surface area contributed by atoms with Crippen LogP contribution < -0.4 is 0 Å². The highest BCUT2D eigenvalue weighted by molar-refractivity contribution is 5.30. The van der Waals surface area contributed by atoms with E-state index in [1.54, 1.807) is 11.1 Å². The van der Waals surface area contributed by atoms with Crippen LogP contribution >= 0.6 is 0 Å². The molecule has 1 aromatic heterocycles. The summed E-state index contributed by atoms with van der Waals surface area (Å²) in [4.78, 5) is 6.84. The lowest BCUT2D eigenvalue weighted by Crippen LogP contribution is -2.46. The van der Waals surface area contributed by atoms with Crippen molar-refractivity contribution < 1.29 is 0 Å². The second-order valence-corrected chi connectivity index (χ2v) is 6.56. The molecule has 2 bridgehead atoms. The van der Waals surface area contributed by atoms with E-state index < -0.39 is 0 Å². The number of pyridine rings is 1. The van der Waals surface area contributed by atoms with Crippen LogP contribution in [0.4, 0.5) is 0 Å². The number of aromatic nitrogens is 1. The van der Waals surface area contributed by atoms with Crippen LogP contribution in [0.5, 0.6) is 0 Å². The van der Waals surface area contributed by atoms with E-state index in [0.717, 1.165) is 12.5 Å². The molecule has 1 saturated heterocycles. The first-order valence-corrected chi connectivity index (χ1v) is 8.08. The number of piperidine rings is 1. The second-order valence-electron chi connectivity index (χ2n) is 6.56. The van der Waals surface area contributed by atoms with Crippen molar-refractivity contribution in [2.45, 2.75) is 38.3 Å². The molecule has 5 rings (SSSR count). The summed E-state index contributed by atoms with van der Waals surface area (Å²) in [6.07, 6.45) is 9.04. The lowest BCUT2D eigenvalue weighted by Gasteiger charge is -2.42. The predicted molar refractivity (Wildman–Crippen MR) is 85.0 cm³/mol. The van der Waals surface area contributed by atoms with Crippen molar-refractivity contribution in [2.24, 2.45) is 5.92 Å². The van der Waals surface area contributed by atoms with Gasteiger partial charge in [0.15, 0.2) is 0 Å².